The first kappa shape index (κ1) is 12.0. The van der Waals surface area contributed by atoms with E-state index in [1.54, 1.807) is 4.90 Å². The summed E-state index contributed by atoms with van der Waals surface area (Å²) in [7, 11) is 0. The van der Waals surface area contributed by atoms with Crippen LogP contribution in [0.15, 0.2) is 0 Å². The maximum Gasteiger partial charge on any atom is 0.240 e. The number of rotatable bonds is 2. The number of nitriles is 1. The maximum absolute atomic E-state index is 11.9. The highest BCUT2D eigenvalue weighted by atomic mass is 16.5. The molecule has 1 fully saturated rings. The molecule has 0 aromatic carbocycles. The van der Waals surface area contributed by atoms with E-state index < -0.39 is 5.92 Å². The molecule has 3 unspecified atom stereocenters. The summed E-state index contributed by atoms with van der Waals surface area (Å²) in [6, 6.07) is 2.05. The van der Waals surface area contributed by atoms with E-state index in [4.69, 9.17) is 10.00 Å². The molecular formula is C11H18N2O2. The van der Waals surface area contributed by atoms with Gasteiger partial charge in [-0.2, -0.15) is 5.26 Å². The molecule has 0 spiro atoms. The average Bonchev–Trinajstić information content (AvgIpc) is 2.18. The minimum atomic E-state index is -0.498. The largest absolute Gasteiger partial charge is 0.372 e. The summed E-state index contributed by atoms with van der Waals surface area (Å²) >= 11 is 0. The fourth-order valence-corrected chi connectivity index (χ4v) is 1.90. The molecular weight excluding hydrogens is 192 g/mol. The van der Waals surface area contributed by atoms with Crippen LogP contribution in [0.4, 0.5) is 0 Å². The predicted octanol–water partition coefficient (Wildman–Crippen LogP) is 1.17. The van der Waals surface area contributed by atoms with Crippen molar-refractivity contribution in [2.75, 3.05) is 13.1 Å². The van der Waals surface area contributed by atoms with E-state index >= 15 is 0 Å². The lowest BCUT2D eigenvalue weighted by atomic mass is 10.1. The molecule has 0 saturated carbocycles. The average molecular weight is 210 g/mol. The second-order valence-electron chi connectivity index (χ2n) is 4.09. The van der Waals surface area contributed by atoms with Crippen LogP contribution < -0.4 is 0 Å². The molecule has 0 radical (unpaired) electrons. The molecule has 1 rings (SSSR count). The summed E-state index contributed by atoms with van der Waals surface area (Å²) in [5, 5.41) is 8.83. The maximum atomic E-state index is 11.9. The van der Waals surface area contributed by atoms with Crippen LogP contribution in [0, 0.1) is 17.2 Å². The highest BCUT2D eigenvalue weighted by Gasteiger charge is 2.29. The van der Waals surface area contributed by atoms with Gasteiger partial charge in [0.2, 0.25) is 5.91 Å². The zero-order chi connectivity index (χ0) is 11.4. The zero-order valence-electron chi connectivity index (χ0n) is 9.56. The third-order valence-corrected chi connectivity index (χ3v) is 2.59. The van der Waals surface area contributed by atoms with Crippen molar-refractivity contribution in [2.45, 2.75) is 39.4 Å². The summed E-state index contributed by atoms with van der Waals surface area (Å²) in [5.74, 6) is -0.551. The molecule has 0 aromatic heterocycles. The number of amides is 1. The van der Waals surface area contributed by atoms with Crippen LogP contribution in [-0.2, 0) is 9.53 Å². The number of ether oxygens (including phenoxy) is 1. The number of carbonyl (C=O) groups excluding carboxylic acids is 1. The Labute approximate surface area is 90.8 Å². The van der Waals surface area contributed by atoms with Crippen molar-refractivity contribution in [3.63, 3.8) is 0 Å². The van der Waals surface area contributed by atoms with Crippen LogP contribution in [0.5, 0.6) is 0 Å². The summed E-state index contributed by atoms with van der Waals surface area (Å²) in [6.45, 7) is 6.95. The fourth-order valence-electron chi connectivity index (χ4n) is 1.90. The van der Waals surface area contributed by atoms with Crippen molar-refractivity contribution in [3.05, 3.63) is 0 Å². The van der Waals surface area contributed by atoms with Gasteiger partial charge in [-0.3, -0.25) is 4.79 Å². The number of hydrogen-bond donors (Lipinski definition) is 0. The summed E-state index contributed by atoms with van der Waals surface area (Å²) in [4.78, 5) is 13.6. The molecule has 4 heteroatoms. The smallest absolute Gasteiger partial charge is 0.240 e. The normalized spacial score (nSPS) is 28.3. The van der Waals surface area contributed by atoms with Crippen molar-refractivity contribution in [3.8, 4) is 6.07 Å². The molecule has 1 saturated heterocycles. The molecule has 1 amide bonds. The van der Waals surface area contributed by atoms with E-state index in [-0.39, 0.29) is 18.1 Å². The Bertz CT molecular complexity index is 262. The minimum absolute atomic E-state index is 0.0537. The Morgan fingerprint density at radius 3 is 2.47 bits per heavy atom. The monoisotopic (exact) mass is 210 g/mol. The van der Waals surface area contributed by atoms with E-state index in [2.05, 4.69) is 0 Å². The quantitative estimate of drug-likeness (QED) is 0.687. The van der Waals surface area contributed by atoms with Crippen molar-refractivity contribution in [1.29, 1.82) is 5.26 Å². The molecule has 1 heterocycles. The number of nitrogens with zero attached hydrogens (tertiary/aromatic N) is 2. The SMILES string of the molecule is CCC(C#N)C(=O)N1CC(C)OC(C)C1. The van der Waals surface area contributed by atoms with E-state index in [0.29, 0.717) is 19.5 Å². The van der Waals surface area contributed by atoms with Crippen LogP contribution in [-0.4, -0.2) is 36.1 Å². The lowest BCUT2D eigenvalue weighted by Crippen LogP contribution is -2.49. The van der Waals surface area contributed by atoms with Gasteiger partial charge < -0.3 is 9.64 Å². The van der Waals surface area contributed by atoms with Gasteiger partial charge in [-0.1, -0.05) is 6.92 Å². The minimum Gasteiger partial charge on any atom is -0.372 e. The number of hydrogen-bond acceptors (Lipinski definition) is 3. The third-order valence-electron chi connectivity index (χ3n) is 2.59. The number of carbonyl (C=O) groups is 1. The number of morpholine rings is 1. The Morgan fingerprint density at radius 2 is 2.07 bits per heavy atom. The first-order chi connectivity index (χ1) is 7.08. The van der Waals surface area contributed by atoms with Crippen molar-refractivity contribution in [1.82, 2.24) is 4.90 Å². The second-order valence-corrected chi connectivity index (χ2v) is 4.09. The Morgan fingerprint density at radius 1 is 1.53 bits per heavy atom. The van der Waals surface area contributed by atoms with Gasteiger partial charge in [0.25, 0.3) is 0 Å². The van der Waals surface area contributed by atoms with E-state index in [1.807, 2.05) is 26.8 Å². The standard InChI is InChI=1S/C11H18N2O2/c1-4-10(5-12)11(14)13-6-8(2)15-9(3)7-13/h8-10H,4,6-7H2,1-3H3. The lowest BCUT2D eigenvalue weighted by molar-refractivity contribution is -0.145. The van der Waals surface area contributed by atoms with Crippen molar-refractivity contribution < 1.29 is 9.53 Å². The molecule has 3 atom stereocenters. The lowest BCUT2D eigenvalue weighted by Gasteiger charge is -2.36. The van der Waals surface area contributed by atoms with E-state index in [0.717, 1.165) is 0 Å². The van der Waals surface area contributed by atoms with Gasteiger partial charge in [0, 0.05) is 13.1 Å². The molecule has 0 bridgehead atoms. The zero-order valence-corrected chi connectivity index (χ0v) is 9.56. The van der Waals surface area contributed by atoms with Gasteiger partial charge in [-0.25, -0.2) is 0 Å². The van der Waals surface area contributed by atoms with Crippen molar-refractivity contribution in [2.24, 2.45) is 5.92 Å². The molecule has 0 aliphatic carbocycles. The Hall–Kier alpha value is -1.08. The molecule has 1 aliphatic heterocycles. The van der Waals surface area contributed by atoms with Crippen LogP contribution in [0.25, 0.3) is 0 Å². The van der Waals surface area contributed by atoms with Crippen LogP contribution in [0.2, 0.25) is 0 Å². The summed E-state index contributed by atoms with van der Waals surface area (Å²) in [6.07, 6.45) is 0.706. The molecule has 4 nitrogen and oxygen atoms in total. The first-order valence-corrected chi connectivity index (χ1v) is 5.42. The Balaban J connectivity index is 2.63. The van der Waals surface area contributed by atoms with Gasteiger partial charge >= 0.3 is 0 Å². The molecule has 0 N–H and O–H groups in total. The predicted molar refractivity (Wildman–Crippen MR) is 56.0 cm³/mol. The van der Waals surface area contributed by atoms with Gasteiger partial charge in [-0.05, 0) is 20.3 Å². The summed E-state index contributed by atoms with van der Waals surface area (Å²) < 4.78 is 5.54. The van der Waals surface area contributed by atoms with E-state index in [9.17, 15) is 4.79 Å². The van der Waals surface area contributed by atoms with Crippen LogP contribution >= 0.6 is 0 Å². The molecule has 84 valence electrons. The summed E-state index contributed by atoms with van der Waals surface area (Å²) in [5.41, 5.74) is 0. The van der Waals surface area contributed by atoms with Gasteiger partial charge in [0.1, 0.15) is 5.92 Å². The Kier molecular flexibility index (Phi) is 4.10. The van der Waals surface area contributed by atoms with Gasteiger partial charge in [0.15, 0.2) is 0 Å². The molecule has 1 aliphatic rings. The van der Waals surface area contributed by atoms with Gasteiger partial charge in [-0.15, -0.1) is 0 Å². The van der Waals surface area contributed by atoms with Gasteiger partial charge in [0.05, 0.1) is 18.3 Å². The van der Waals surface area contributed by atoms with Crippen LogP contribution in [0.1, 0.15) is 27.2 Å². The highest BCUT2D eigenvalue weighted by molar-refractivity contribution is 5.81. The topological polar surface area (TPSA) is 53.3 Å². The van der Waals surface area contributed by atoms with Crippen LogP contribution in [0.3, 0.4) is 0 Å². The van der Waals surface area contributed by atoms with Crippen molar-refractivity contribution >= 4 is 5.91 Å². The van der Waals surface area contributed by atoms with E-state index in [1.165, 1.54) is 0 Å². The second kappa shape index (κ2) is 5.13. The first-order valence-electron chi connectivity index (χ1n) is 5.42. The third kappa shape index (κ3) is 2.93. The molecule has 15 heavy (non-hydrogen) atoms. The fraction of sp³-hybridized carbons (Fsp3) is 0.818. The highest BCUT2D eigenvalue weighted by Crippen LogP contribution is 2.14. The molecule has 0 aromatic rings.